The summed E-state index contributed by atoms with van der Waals surface area (Å²) < 4.78 is 10.1. The summed E-state index contributed by atoms with van der Waals surface area (Å²) in [6.45, 7) is 0.553. The number of carbonyl (C=O) groups is 2. The van der Waals surface area contributed by atoms with Crippen LogP contribution in [0.2, 0.25) is 10.0 Å². The van der Waals surface area contributed by atoms with E-state index in [1.165, 1.54) is 7.11 Å². The number of ether oxygens (including phenoxy) is 2. The number of carbonyl (C=O) groups excluding carboxylic acids is 2. The van der Waals surface area contributed by atoms with Gasteiger partial charge in [-0.15, -0.1) is 0 Å². The molecular formula is C15H17Cl2NO4. The average Bonchev–Trinajstić information content (AvgIpc) is 3.03. The highest BCUT2D eigenvalue weighted by molar-refractivity contribution is 6.36. The van der Waals surface area contributed by atoms with Crippen LogP contribution in [-0.2, 0) is 25.5 Å². The van der Waals surface area contributed by atoms with Crippen LogP contribution in [0.3, 0.4) is 0 Å². The summed E-state index contributed by atoms with van der Waals surface area (Å²) >= 11 is 12.2. The Morgan fingerprint density at radius 3 is 2.64 bits per heavy atom. The first-order valence-electron chi connectivity index (χ1n) is 6.95. The van der Waals surface area contributed by atoms with Crippen molar-refractivity contribution in [2.75, 3.05) is 13.7 Å². The van der Waals surface area contributed by atoms with Gasteiger partial charge in [0.25, 0.3) is 0 Å². The molecule has 7 heteroatoms. The van der Waals surface area contributed by atoms with Crippen LogP contribution in [0.1, 0.15) is 18.4 Å². The molecule has 1 aliphatic heterocycles. The fourth-order valence-corrected chi connectivity index (χ4v) is 2.87. The van der Waals surface area contributed by atoms with E-state index in [1.54, 1.807) is 18.2 Å². The van der Waals surface area contributed by atoms with Gasteiger partial charge in [-0.25, -0.2) is 4.79 Å². The van der Waals surface area contributed by atoms with Gasteiger partial charge in [-0.05, 0) is 30.5 Å². The van der Waals surface area contributed by atoms with Crippen LogP contribution in [0, 0.1) is 0 Å². The van der Waals surface area contributed by atoms with Gasteiger partial charge in [-0.3, -0.25) is 4.79 Å². The molecular weight excluding hydrogens is 329 g/mol. The molecule has 1 aromatic rings. The molecule has 0 spiro atoms. The molecule has 22 heavy (non-hydrogen) atoms. The minimum Gasteiger partial charge on any atom is -0.467 e. The molecule has 1 N–H and O–H groups in total. The fraction of sp³-hybridized carbons (Fsp3) is 0.467. The van der Waals surface area contributed by atoms with Crippen molar-refractivity contribution < 1.29 is 19.1 Å². The average molecular weight is 346 g/mol. The number of halogens is 2. The van der Waals surface area contributed by atoms with Gasteiger partial charge < -0.3 is 14.8 Å². The third-order valence-corrected chi connectivity index (χ3v) is 4.20. The largest absolute Gasteiger partial charge is 0.467 e. The number of hydrogen-bond donors (Lipinski definition) is 1. The van der Waals surface area contributed by atoms with Gasteiger partial charge in [0.1, 0.15) is 12.1 Å². The lowest BCUT2D eigenvalue weighted by atomic mass is 10.1. The van der Waals surface area contributed by atoms with E-state index in [0.717, 1.165) is 6.42 Å². The van der Waals surface area contributed by atoms with Crippen LogP contribution in [-0.4, -0.2) is 37.7 Å². The Balaban J connectivity index is 2.12. The standard InChI is InChI=1S/C15H17Cl2NO4/c1-21-15(20)12(18-14(19)13-6-3-7-22-13)8-9-10(16)4-2-5-11(9)17/h2,4-5,12-13H,3,6-8H2,1H3,(H,18,19)/t12-,13-/m1/s1. The number of nitrogens with one attached hydrogen (secondary N) is 1. The zero-order valence-corrected chi connectivity index (χ0v) is 13.6. The predicted molar refractivity (Wildman–Crippen MR) is 83.1 cm³/mol. The zero-order chi connectivity index (χ0) is 16.1. The maximum absolute atomic E-state index is 12.1. The smallest absolute Gasteiger partial charge is 0.328 e. The van der Waals surface area contributed by atoms with Gasteiger partial charge in [0, 0.05) is 23.1 Å². The first-order valence-corrected chi connectivity index (χ1v) is 7.71. The lowest BCUT2D eigenvalue weighted by Crippen LogP contribution is -2.47. The summed E-state index contributed by atoms with van der Waals surface area (Å²) in [7, 11) is 1.27. The Hall–Kier alpha value is -1.30. The van der Waals surface area contributed by atoms with E-state index in [9.17, 15) is 9.59 Å². The number of benzene rings is 1. The molecule has 1 amide bonds. The van der Waals surface area contributed by atoms with Crippen molar-refractivity contribution in [3.05, 3.63) is 33.8 Å². The molecule has 1 saturated heterocycles. The summed E-state index contributed by atoms with van der Waals surface area (Å²) in [6, 6.07) is 4.21. The van der Waals surface area contributed by atoms with Gasteiger partial charge in [0.15, 0.2) is 0 Å². The Morgan fingerprint density at radius 1 is 1.41 bits per heavy atom. The maximum atomic E-state index is 12.1. The van der Waals surface area contributed by atoms with Crippen molar-refractivity contribution in [3.8, 4) is 0 Å². The van der Waals surface area contributed by atoms with E-state index < -0.39 is 18.1 Å². The molecule has 1 fully saturated rings. The second-order valence-electron chi connectivity index (χ2n) is 4.99. The third-order valence-electron chi connectivity index (χ3n) is 3.49. The Morgan fingerprint density at radius 2 is 2.09 bits per heavy atom. The third kappa shape index (κ3) is 4.12. The van der Waals surface area contributed by atoms with Gasteiger partial charge in [0.2, 0.25) is 5.91 Å². The van der Waals surface area contributed by atoms with Gasteiger partial charge in [-0.2, -0.15) is 0 Å². The Kier molecular flexibility index (Phi) is 6.06. The minimum absolute atomic E-state index is 0.156. The van der Waals surface area contributed by atoms with E-state index in [1.807, 2.05) is 0 Å². The van der Waals surface area contributed by atoms with Gasteiger partial charge in [0.05, 0.1) is 7.11 Å². The van der Waals surface area contributed by atoms with Crippen molar-refractivity contribution in [2.24, 2.45) is 0 Å². The Labute approximate surface area is 138 Å². The summed E-state index contributed by atoms with van der Waals surface area (Å²) in [5, 5.41) is 3.53. The van der Waals surface area contributed by atoms with Crippen molar-refractivity contribution in [2.45, 2.75) is 31.4 Å². The molecule has 120 valence electrons. The highest BCUT2D eigenvalue weighted by Gasteiger charge is 2.29. The quantitative estimate of drug-likeness (QED) is 0.832. The van der Waals surface area contributed by atoms with Crippen LogP contribution < -0.4 is 5.32 Å². The number of amides is 1. The number of rotatable bonds is 5. The minimum atomic E-state index is -0.862. The van der Waals surface area contributed by atoms with Crippen LogP contribution in [0.15, 0.2) is 18.2 Å². The molecule has 5 nitrogen and oxygen atoms in total. The highest BCUT2D eigenvalue weighted by atomic mass is 35.5. The second kappa shape index (κ2) is 7.81. The van der Waals surface area contributed by atoms with Crippen LogP contribution in [0.4, 0.5) is 0 Å². The maximum Gasteiger partial charge on any atom is 0.328 e. The van der Waals surface area contributed by atoms with Gasteiger partial charge in [-0.1, -0.05) is 29.3 Å². The van der Waals surface area contributed by atoms with Crippen molar-refractivity contribution in [1.29, 1.82) is 0 Å². The van der Waals surface area contributed by atoms with Crippen LogP contribution in [0.5, 0.6) is 0 Å². The molecule has 2 atom stereocenters. The normalized spacial score (nSPS) is 18.8. The van der Waals surface area contributed by atoms with E-state index in [0.29, 0.717) is 28.6 Å². The summed E-state index contributed by atoms with van der Waals surface area (Å²) in [4.78, 5) is 24.1. The Bertz CT molecular complexity index is 538. The predicted octanol–water partition coefficient (Wildman–Crippen LogP) is 2.37. The molecule has 0 radical (unpaired) electrons. The number of esters is 1. The molecule has 0 saturated carbocycles. The monoisotopic (exact) mass is 345 g/mol. The molecule has 0 aromatic heterocycles. The van der Waals surface area contributed by atoms with E-state index in [4.69, 9.17) is 32.7 Å². The molecule has 0 unspecified atom stereocenters. The fourth-order valence-electron chi connectivity index (χ4n) is 2.32. The molecule has 1 aliphatic rings. The first-order chi connectivity index (χ1) is 10.5. The lowest BCUT2D eigenvalue weighted by molar-refractivity contribution is -0.146. The highest BCUT2D eigenvalue weighted by Crippen LogP contribution is 2.26. The number of hydrogen-bond acceptors (Lipinski definition) is 4. The topological polar surface area (TPSA) is 64.6 Å². The summed E-state index contributed by atoms with van der Waals surface area (Å²) in [5.74, 6) is -0.876. The van der Waals surface area contributed by atoms with Gasteiger partial charge >= 0.3 is 5.97 Å². The first kappa shape index (κ1) is 17.1. The van der Waals surface area contributed by atoms with E-state index in [-0.39, 0.29) is 12.3 Å². The summed E-state index contributed by atoms with van der Waals surface area (Å²) in [6.07, 6.45) is 1.11. The van der Waals surface area contributed by atoms with E-state index in [2.05, 4.69) is 5.32 Å². The molecule has 0 bridgehead atoms. The molecule has 2 rings (SSSR count). The number of methoxy groups -OCH3 is 1. The molecule has 1 heterocycles. The zero-order valence-electron chi connectivity index (χ0n) is 12.1. The van der Waals surface area contributed by atoms with Crippen LogP contribution >= 0.6 is 23.2 Å². The lowest BCUT2D eigenvalue weighted by Gasteiger charge is -2.19. The SMILES string of the molecule is COC(=O)[C@@H](Cc1c(Cl)cccc1Cl)NC(=O)[C@H]1CCCO1. The van der Waals surface area contributed by atoms with Crippen molar-refractivity contribution in [3.63, 3.8) is 0 Å². The van der Waals surface area contributed by atoms with E-state index >= 15 is 0 Å². The second-order valence-corrected chi connectivity index (χ2v) is 5.80. The van der Waals surface area contributed by atoms with Crippen LogP contribution in [0.25, 0.3) is 0 Å². The molecule has 1 aromatic carbocycles. The summed E-state index contributed by atoms with van der Waals surface area (Å²) in [5.41, 5.74) is 0.592. The molecule has 0 aliphatic carbocycles. The van der Waals surface area contributed by atoms with Crippen molar-refractivity contribution in [1.82, 2.24) is 5.32 Å². The van der Waals surface area contributed by atoms with Crippen molar-refractivity contribution >= 4 is 35.1 Å².